The predicted octanol–water partition coefficient (Wildman–Crippen LogP) is 3.72. The number of nitrogens with zero attached hydrogens (tertiary/aromatic N) is 2. The molecule has 2 atom stereocenters. The van der Waals surface area contributed by atoms with E-state index in [1.807, 2.05) is 0 Å². The molecule has 1 saturated heterocycles. The summed E-state index contributed by atoms with van der Waals surface area (Å²) in [6.45, 7) is 4.16. The van der Waals surface area contributed by atoms with Gasteiger partial charge in [0.05, 0.1) is 29.3 Å². The van der Waals surface area contributed by atoms with Crippen molar-refractivity contribution >= 4 is 32.5 Å². The Balaban J connectivity index is 1.63. The minimum absolute atomic E-state index is 0.0171. The SMILES string of the molecule is Cc1ccc(CSC2=N[C@@H]3CS(=O)(=O)C[C@H]3N2c2ccccc2F)cc1C. The van der Waals surface area contributed by atoms with Crippen LogP contribution in [0.3, 0.4) is 0 Å². The summed E-state index contributed by atoms with van der Waals surface area (Å²) in [5, 5.41) is 0.697. The van der Waals surface area contributed by atoms with Crippen LogP contribution in [0.15, 0.2) is 47.5 Å². The Morgan fingerprint density at radius 2 is 1.93 bits per heavy atom. The second-order valence-corrected chi connectivity index (χ2v) is 10.2. The third-order valence-corrected chi connectivity index (χ3v) is 7.90. The lowest BCUT2D eigenvalue weighted by molar-refractivity contribution is 0.600. The van der Waals surface area contributed by atoms with Gasteiger partial charge in [-0.3, -0.25) is 4.99 Å². The number of rotatable bonds is 3. The molecule has 7 heteroatoms. The van der Waals surface area contributed by atoms with E-state index in [9.17, 15) is 12.8 Å². The van der Waals surface area contributed by atoms with Gasteiger partial charge in [0.1, 0.15) is 5.82 Å². The number of anilines is 1. The molecule has 142 valence electrons. The average molecular weight is 405 g/mol. The van der Waals surface area contributed by atoms with Crippen LogP contribution in [-0.4, -0.2) is 37.2 Å². The third kappa shape index (κ3) is 3.62. The van der Waals surface area contributed by atoms with E-state index in [1.54, 1.807) is 23.1 Å². The number of thioether (sulfide) groups is 1. The largest absolute Gasteiger partial charge is 0.312 e. The minimum Gasteiger partial charge on any atom is -0.312 e. The molecule has 0 saturated carbocycles. The van der Waals surface area contributed by atoms with Crippen molar-refractivity contribution in [3.8, 4) is 0 Å². The van der Waals surface area contributed by atoms with Crippen molar-refractivity contribution in [2.45, 2.75) is 31.7 Å². The van der Waals surface area contributed by atoms with Gasteiger partial charge in [0.15, 0.2) is 15.0 Å². The molecule has 4 rings (SSSR count). The molecule has 0 aliphatic carbocycles. The van der Waals surface area contributed by atoms with E-state index in [1.165, 1.54) is 34.5 Å². The van der Waals surface area contributed by atoms with Crippen LogP contribution in [0.2, 0.25) is 0 Å². The Bertz CT molecular complexity index is 1020. The number of aryl methyl sites for hydroxylation is 2. The number of sulfone groups is 1. The van der Waals surface area contributed by atoms with Gasteiger partial charge in [-0.15, -0.1) is 0 Å². The van der Waals surface area contributed by atoms with Crippen LogP contribution in [0, 0.1) is 19.7 Å². The highest BCUT2D eigenvalue weighted by atomic mass is 32.2. The van der Waals surface area contributed by atoms with Crippen LogP contribution in [-0.2, 0) is 15.6 Å². The van der Waals surface area contributed by atoms with E-state index in [-0.39, 0.29) is 29.4 Å². The molecule has 0 unspecified atom stereocenters. The number of hydrogen-bond donors (Lipinski definition) is 0. The van der Waals surface area contributed by atoms with Gasteiger partial charge in [-0.25, -0.2) is 12.8 Å². The number of fused-ring (bicyclic) bond motifs is 1. The number of benzene rings is 2. The molecule has 0 radical (unpaired) electrons. The maximum atomic E-state index is 14.5. The Morgan fingerprint density at radius 1 is 1.15 bits per heavy atom. The molecule has 4 nitrogen and oxygen atoms in total. The lowest BCUT2D eigenvalue weighted by atomic mass is 10.1. The van der Waals surface area contributed by atoms with Crippen molar-refractivity contribution in [2.24, 2.45) is 4.99 Å². The zero-order valence-electron chi connectivity index (χ0n) is 15.2. The van der Waals surface area contributed by atoms with E-state index < -0.39 is 9.84 Å². The van der Waals surface area contributed by atoms with Crippen molar-refractivity contribution < 1.29 is 12.8 Å². The van der Waals surface area contributed by atoms with Crippen molar-refractivity contribution in [1.29, 1.82) is 0 Å². The van der Waals surface area contributed by atoms with E-state index in [0.717, 1.165) is 0 Å². The summed E-state index contributed by atoms with van der Waals surface area (Å²) in [6, 6.07) is 12.2. The lowest BCUT2D eigenvalue weighted by Gasteiger charge is -2.26. The van der Waals surface area contributed by atoms with E-state index in [0.29, 0.717) is 16.6 Å². The second-order valence-electron chi connectivity index (χ2n) is 7.15. The van der Waals surface area contributed by atoms with Gasteiger partial charge in [-0.2, -0.15) is 0 Å². The summed E-state index contributed by atoms with van der Waals surface area (Å²) < 4.78 is 38.6. The Hall–Kier alpha value is -1.86. The molecule has 2 aromatic rings. The fourth-order valence-electron chi connectivity index (χ4n) is 3.60. The molecule has 2 aliphatic heterocycles. The van der Waals surface area contributed by atoms with Crippen LogP contribution in [0.5, 0.6) is 0 Å². The Morgan fingerprint density at radius 3 is 2.67 bits per heavy atom. The van der Waals surface area contributed by atoms with Crippen molar-refractivity contribution in [3.05, 3.63) is 65.0 Å². The summed E-state index contributed by atoms with van der Waals surface area (Å²) in [5.41, 5.74) is 4.04. The zero-order valence-corrected chi connectivity index (χ0v) is 16.9. The summed E-state index contributed by atoms with van der Waals surface area (Å²) >= 11 is 1.53. The molecule has 1 fully saturated rings. The average Bonchev–Trinajstić information content (AvgIpc) is 3.08. The first-order valence-corrected chi connectivity index (χ1v) is 11.7. The molecule has 0 bridgehead atoms. The molecule has 0 spiro atoms. The Kier molecular flexibility index (Phi) is 4.76. The summed E-state index contributed by atoms with van der Waals surface area (Å²) in [5.74, 6) is 0.401. The van der Waals surface area contributed by atoms with Crippen LogP contribution in [0.25, 0.3) is 0 Å². The summed E-state index contributed by atoms with van der Waals surface area (Å²) in [4.78, 5) is 6.45. The number of halogens is 1. The molecular formula is C20H21FN2O2S2. The summed E-state index contributed by atoms with van der Waals surface area (Å²) in [6.07, 6.45) is 0. The first-order valence-electron chi connectivity index (χ1n) is 8.85. The number of hydrogen-bond acceptors (Lipinski definition) is 5. The normalized spacial score (nSPS) is 23.4. The van der Waals surface area contributed by atoms with Gasteiger partial charge in [0.25, 0.3) is 0 Å². The monoisotopic (exact) mass is 404 g/mol. The minimum atomic E-state index is -3.14. The second kappa shape index (κ2) is 6.95. The van der Waals surface area contributed by atoms with Crippen molar-refractivity contribution in [1.82, 2.24) is 0 Å². The molecular weight excluding hydrogens is 383 g/mol. The topological polar surface area (TPSA) is 49.7 Å². The highest BCUT2D eigenvalue weighted by Crippen LogP contribution is 2.37. The summed E-state index contributed by atoms with van der Waals surface area (Å²) in [7, 11) is -3.14. The molecule has 0 amide bonds. The lowest BCUT2D eigenvalue weighted by Crippen LogP contribution is -2.39. The van der Waals surface area contributed by atoms with E-state index >= 15 is 0 Å². The fraction of sp³-hybridized carbons (Fsp3) is 0.350. The van der Waals surface area contributed by atoms with Crippen LogP contribution < -0.4 is 4.90 Å². The number of amidine groups is 1. The van der Waals surface area contributed by atoms with Crippen LogP contribution in [0.4, 0.5) is 10.1 Å². The predicted molar refractivity (Wildman–Crippen MR) is 110 cm³/mol. The first kappa shape index (κ1) is 18.5. The van der Waals surface area contributed by atoms with Crippen molar-refractivity contribution in [2.75, 3.05) is 16.4 Å². The molecule has 2 aromatic carbocycles. The zero-order chi connectivity index (χ0) is 19.2. The molecule has 27 heavy (non-hydrogen) atoms. The smallest absolute Gasteiger partial charge is 0.164 e. The van der Waals surface area contributed by atoms with E-state index in [4.69, 9.17) is 0 Å². The van der Waals surface area contributed by atoms with Gasteiger partial charge < -0.3 is 4.90 Å². The van der Waals surface area contributed by atoms with Gasteiger partial charge in [-0.1, -0.05) is 42.1 Å². The first-order chi connectivity index (χ1) is 12.8. The van der Waals surface area contributed by atoms with Gasteiger partial charge in [-0.05, 0) is 42.7 Å². The molecule has 0 N–H and O–H groups in total. The maximum absolute atomic E-state index is 14.5. The number of aliphatic imine (C=N–C) groups is 1. The van der Waals surface area contributed by atoms with Gasteiger partial charge in [0, 0.05) is 5.75 Å². The molecule has 2 heterocycles. The van der Waals surface area contributed by atoms with Gasteiger partial charge >= 0.3 is 0 Å². The third-order valence-electron chi connectivity index (χ3n) is 5.16. The highest BCUT2D eigenvalue weighted by molar-refractivity contribution is 8.13. The van der Waals surface area contributed by atoms with Crippen LogP contribution >= 0.6 is 11.8 Å². The molecule has 0 aromatic heterocycles. The molecule has 2 aliphatic rings. The number of para-hydroxylation sites is 1. The maximum Gasteiger partial charge on any atom is 0.164 e. The van der Waals surface area contributed by atoms with Crippen molar-refractivity contribution in [3.63, 3.8) is 0 Å². The highest BCUT2D eigenvalue weighted by Gasteiger charge is 2.47. The Labute approximate surface area is 163 Å². The van der Waals surface area contributed by atoms with Gasteiger partial charge in [0.2, 0.25) is 0 Å². The fourth-order valence-corrected chi connectivity index (χ4v) is 6.51. The van der Waals surface area contributed by atoms with Crippen LogP contribution in [0.1, 0.15) is 16.7 Å². The standard InChI is InChI=1S/C20H21FN2O2S2/c1-13-7-8-15(9-14(13)2)10-26-20-22-17-11-27(24,25)12-19(17)23(20)18-6-4-3-5-16(18)21/h3-9,17,19H,10-12H2,1-2H3/t17-,19-/m1/s1. The van der Waals surface area contributed by atoms with E-state index in [2.05, 4.69) is 37.0 Å². The quantitative estimate of drug-likeness (QED) is 0.782.